The summed E-state index contributed by atoms with van der Waals surface area (Å²) in [6.45, 7) is 3.22. The number of nitrogens with zero attached hydrogens (tertiary/aromatic N) is 1. The van der Waals surface area contributed by atoms with Crippen LogP contribution >= 0.6 is 0 Å². The molecule has 0 saturated carbocycles. The second-order valence-corrected chi connectivity index (χ2v) is 15.3. The highest BCUT2D eigenvalue weighted by Crippen LogP contribution is 2.14. The highest BCUT2D eigenvalue weighted by Gasteiger charge is 2.16. The molecule has 10 heteroatoms. The number of hydrogen-bond donors (Lipinski definition) is 0. The van der Waals surface area contributed by atoms with Gasteiger partial charge in [0.1, 0.15) is 0 Å². The Morgan fingerprint density at radius 1 is 0.625 bits per heavy atom. The van der Waals surface area contributed by atoms with Crippen molar-refractivity contribution in [2.24, 2.45) is 0 Å². The minimum atomic E-state index is -3.53. The van der Waals surface area contributed by atoms with Gasteiger partial charge in [0.2, 0.25) is 0 Å². The lowest BCUT2D eigenvalue weighted by molar-refractivity contribution is 0.00623. The van der Waals surface area contributed by atoms with E-state index in [1.54, 1.807) is 7.11 Å². The monoisotopic (exact) mass is 615 g/mol. The van der Waals surface area contributed by atoms with Crippen molar-refractivity contribution < 1.29 is 30.5 Å². The Morgan fingerprint density at radius 2 is 1.05 bits per heavy atom. The molecule has 0 fully saturated rings. The quantitative estimate of drug-likeness (QED) is 0.0715. The number of ether oxygens (including phenoxy) is 2. The van der Waals surface area contributed by atoms with Crippen LogP contribution in [0, 0.1) is 0 Å². The van der Waals surface area contributed by atoms with E-state index < -0.39 is 20.0 Å². The number of rotatable bonds is 28. The number of hydrogen-bond acceptors (Lipinski definition) is 8. The van der Waals surface area contributed by atoms with Gasteiger partial charge in [-0.2, -0.15) is 8.42 Å². The molecule has 0 aromatic heterocycles. The molecule has 8 nitrogen and oxygen atoms in total. The molecule has 0 aromatic carbocycles. The fraction of sp³-hybridized carbons (Fsp3) is 1.00. The summed E-state index contributed by atoms with van der Waals surface area (Å²) in [4.78, 5) is 2.00. The van der Waals surface area contributed by atoms with Gasteiger partial charge in [0.25, 0.3) is 10.1 Å². The molecule has 244 valence electrons. The van der Waals surface area contributed by atoms with Crippen LogP contribution < -0.4 is 0 Å². The number of methoxy groups -OCH3 is 1. The Hall–Kier alpha value is -0.260. The van der Waals surface area contributed by atoms with Crippen molar-refractivity contribution >= 4 is 20.0 Å². The third-order valence-corrected chi connectivity index (χ3v) is 8.79. The topological polar surface area (TPSA) is 99.2 Å². The zero-order valence-electron chi connectivity index (χ0n) is 27.0. The van der Waals surface area contributed by atoms with E-state index in [0.29, 0.717) is 19.6 Å². The van der Waals surface area contributed by atoms with Gasteiger partial charge in [-0.05, 0) is 40.4 Å². The lowest BCUT2D eigenvalue weighted by atomic mass is 10.0. The molecule has 0 aliphatic rings. The summed E-state index contributed by atoms with van der Waals surface area (Å²) in [6.07, 6.45) is 22.6. The largest absolute Gasteiger partial charge is 0.379 e. The van der Waals surface area contributed by atoms with Crippen molar-refractivity contribution in [2.45, 2.75) is 129 Å². The second-order valence-electron chi connectivity index (χ2n) is 11.4. The smallest absolute Gasteiger partial charge is 0.264 e. The van der Waals surface area contributed by atoms with Gasteiger partial charge in [-0.3, -0.25) is 4.18 Å². The van der Waals surface area contributed by atoms with Crippen LogP contribution in [0.4, 0.5) is 0 Å². The first-order chi connectivity index (χ1) is 18.9. The van der Waals surface area contributed by atoms with Gasteiger partial charge < -0.3 is 14.4 Å². The van der Waals surface area contributed by atoms with Crippen molar-refractivity contribution in [1.29, 1.82) is 0 Å². The van der Waals surface area contributed by atoms with Crippen molar-refractivity contribution in [3.63, 3.8) is 0 Å². The van der Waals surface area contributed by atoms with Gasteiger partial charge >= 0.3 is 0 Å². The average Bonchev–Trinajstić information content (AvgIpc) is 2.87. The third kappa shape index (κ3) is 37.7. The van der Waals surface area contributed by atoms with Crippen LogP contribution in [0.3, 0.4) is 0 Å². The van der Waals surface area contributed by atoms with E-state index >= 15 is 0 Å². The maximum absolute atomic E-state index is 12.1. The van der Waals surface area contributed by atoms with Gasteiger partial charge in [0.15, 0.2) is 9.84 Å². The van der Waals surface area contributed by atoms with Gasteiger partial charge in [-0.1, -0.05) is 103 Å². The summed E-state index contributed by atoms with van der Waals surface area (Å²) < 4.78 is 61.7. The molecular weight excluding hydrogens is 550 g/mol. The average molecular weight is 616 g/mol. The first-order valence-corrected chi connectivity index (χ1v) is 19.3. The first-order valence-electron chi connectivity index (χ1n) is 15.7. The Morgan fingerprint density at radius 3 is 1.45 bits per heavy atom. The molecule has 40 heavy (non-hydrogen) atoms. The molecule has 0 aromatic rings. The van der Waals surface area contributed by atoms with Crippen LogP contribution in [0.25, 0.3) is 0 Å². The molecule has 0 spiro atoms. The molecule has 0 aliphatic carbocycles. The maximum Gasteiger partial charge on any atom is 0.264 e. The van der Waals surface area contributed by atoms with Crippen molar-refractivity contribution in [3.8, 4) is 0 Å². The van der Waals surface area contributed by atoms with Crippen molar-refractivity contribution in [1.82, 2.24) is 4.90 Å². The summed E-state index contributed by atoms with van der Waals surface area (Å²) >= 11 is 0. The van der Waals surface area contributed by atoms with Crippen LogP contribution in [0.5, 0.6) is 0 Å². The fourth-order valence-electron chi connectivity index (χ4n) is 4.14. The molecule has 1 unspecified atom stereocenters. The standard InChI is InChI=1S/C27H56O7S2.C3H9N/c1-4-5-6-7-8-9-10-11-12-13-14-15-16-17-18-19-22-33-26-27(32-2)21-25-36(30,31)24-20-23-34-35(3,28)29;1-4(2)3/h27H,4-26H2,1-3H3;1-3H3. The molecule has 0 radical (unpaired) electrons. The van der Waals surface area contributed by atoms with E-state index in [2.05, 4.69) is 11.1 Å². The summed E-state index contributed by atoms with van der Waals surface area (Å²) in [7, 11) is 0.753. The SMILES string of the molecule is CCCCCCCCCCCCCCCCCCOCC(CCS(=O)(=O)CCCOS(C)(=O)=O)OC.CN(C)C. The van der Waals surface area contributed by atoms with E-state index in [0.717, 1.165) is 12.7 Å². The van der Waals surface area contributed by atoms with Gasteiger partial charge in [0, 0.05) is 13.7 Å². The lowest BCUT2D eigenvalue weighted by Crippen LogP contribution is -2.24. The summed E-state index contributed by atoms with van der Waals surface area (Å²) in [6, 6.07) is 0. The molecule has 1 atom stereocenters. The van der Waals surface area contributed by atoms with E-state index in [1.165, 1.54) is 96.3 Å². The Balaban J connectivity index is 0. The lowest BCUT2D eigenvalue weighted by Gasteiger charge is -2.15. The Bertz CT molecular complexity index is 726. The number of sulfone groups is 1. The molecule has 0 heterocycles. The van der Waals surface area contributed by atoms with Crippen molar-refractivity contribution in [2.75, 3.05) is 65.8 Å². The second kappa shape index (κ2) is 28.8. The Labute approximate surface area is 249 Å². The molecule has 0 amide bonds. The van der Waals surface area contributed by atoms with Crippen LogP contribution in [-0.4, -0.2) is 93.7 Å². The van der Waals surface area contributed by atoms with Crippen molar-refractivity contribution in [3.05, 3.63) is 0 Å². The molecule has 0 N–H and O–H groups in total. The van der Waals surface area contributed by atoms with Gasteiger partial charge in [-0.25, -0.2) is 8.42 Å². The molecule has 0 aliphatic heterocycles. The molecular formula is C30H65NO7S2. The highest BCUT2D eigenvalue weighted by atomic mass is 32.2. The first kappa shape index (κ1) is 41.9. The van der Waals surface area contributed by atoms with Crippen LogP contribution in [0.15, 0.2) is 0 Å². The van der Waals surface area contributed by atoms with E-state index in [4.69, 9.17) is 9.47 Å². The Kier molecular flexibility index (Phi) is 30.2. The highest BCUT2D eigenvalue weighted by molar-refractivity contribution is 7.91. The molecule has 0 bridgehead atoms. The molecule has 0 rings (SSSR count). The van der Waals surface area contributed by atoms with Crippen LogP contribution in [0.1, 0.15) is 122 Å². The maximum atomic E-state index is 12.1. The van der Waals surface area contributed by atoms with E-state index in [-0.39, 0.29) is 30.6 Å². The third-order valence-electron chi connectivity index (χ3n) is 6.43. The predicted octanol–water partition coefficient (Wildman–Crippen LogP) is 6.63. The minimum Gasteiger partial charge on any atom is -0.379 e. The minimum absolute atomic E-state index is 0.00715. The predicted molar refractivity (Wildman–Crippen MR) is 169 cm³/mol. The fourth-order valence-corrected chi connectivity index (χ4v) is 5.94. The summed E-state index contributed by atoms with van der Waals surface area (Å²) in [5.41, 5.74) is 0. The summed E-state index contributed by atoms with van der Waals surface area (Å²) in [5.74, 6) is -0.105. The van der Waals surface area contributed by atoms with Gasteiger partial charge in [0.05, 0.1) is 37.1 Å². The zero-order valence-corrected chi connectivity index (χ0v) is 28.6. The van der Waals surface area contributed by atoms with E-state index in [1.807, 2.05) is 26.0 Å². The van der Waals surface area contributed by atoms with Crippen LogP contribution in [0.2, 0.25) is 0 Å². The zero-order chi connectivity index (χ0) is 30.5. The molecule has 0 saturated heterocycles. The van der Waals surface area contributed by atoms with E-state index in [9.17, 15) is 16.8 Å². The van der Waals surface area contributed by atoms with Crippen LogP contribution in [-0.2, 0) is 33.6 Å². The van der Waals surface area contributed by atoms with Gasteiger partial charge in [-0.15, -0.1) is 0 Å². The summed E-state index contributed by atoms with van der Waals surface area (Å²) in [5, 5.41) is 0. The normalized spacial score (nSPS) is 12.9. The number of unbranched alkanes of at least 4 members (excludes halogenated alkanes) is 15.